The van der Waals surface area contributed by atoms with E-state index in [0.29, 0.717) is 0 Å². The molecule has 1 heterocycles. The maximum Gasteiger partial charge on any atom is 0.0701 e. The molecular formula is C13H28O2. The van der Waals surface area contributed by atoms with E-state index in [2.05, 4.69) is 13.8 Å². The van der Waals surface area contributed by atoms with Crippen molar-refractivity contribution in [1.29, 1.82) is 0 Å². The Morgan fingerprint density at radius 3 is 1.20 bits per heavy atom. The summed E-state index contributed by atoms with van der Waals surface area (Å²) < 4.78 is 9.89. The predicted molar refractivity (Wildman–Crippen MR) is 65.3 cm³/mol. The van der Waals surface area contributed by atoms with Crippen LogP contribution in [0.4, 0.5) is 0 Å². The summed E-state index contributed by atoms with van der Waals surface area (Å²) in [6.07, 6.45) is 9.97. The van der Waals surface area contributed by atoms with E-state index in [1.807, 2.05) is 0 Å². The van der Waals surface area contributed by atoms with E-state index >= 15 is 0 Å². The molecule has 2 heteroatoms. The lowest BCUT2D eigenvalue weighted by molar-refractivity contribution is -0.0334. The lowest BCUT2D eigenvalue weighted by Crippen LogP contribution is -2.16. The van der Waals surface area contributed by atoms with E-state index in [-0.39, 0.29) is 0 Å². The van der Waals surface area contributed by atoms with Crippen molar-refractivity contribution in [2.45, 2.75) is 58.8 Å². The van der Waals surface area contributed by atoms with E-state index < -0.39 is 0 Å². The molecule has 1 fully saturated rings. The number of ether oxygens (including phenoxy) is 2. The molecule has 0 amide bonds. The molecule has 0 spiro atoms. The van der Waals surface area contributed by atoms with Crippen molar-refractivity contribution in [2.24, 2.45) is 0 Å². The van der Waals surface area contributed by atoms with E-state index in [9.17, 15) is 0 Å². The molecule has 1 aliphatic heterocycles. The minimum atomic E-state index is 0.778. The van der Waals surface area contributed by atoms with Crippen LogP contribution >= 0.6 is 0 Å². The molecule has 0 radical (unpaired) electrons. The number of unbranched alkanes of at least 4 members (excludes halogenated alkanes) is 6. The fourth-order valence-corrected chi connectivity index (χ4v) is 1.47. The summed E-state index contributed by atoms with van der Waals surface area (Å²) in [6.45, 7) is 7.64. The average molecular weight is 216 g/mol. The third-order valence-electron chi connectivity index (χ3n) is 2.45. The van der Waals surface area contributed by atoms with Crippen LogP contribution in [0.5, 0.6) is 0 Å². The summed E-state index contributed by atoms with van der Waals surface area (Å²) in [6, 6.07) is 0. The van der Waals surface area contributed by atoms with Crippen molar-refractivity contribution in [3.63, 3.8) is 0 Å². The minimum Gasteiger partial charge on any atom is -0.377 e. The topological polar surface area (TPSA) is 18.5 Å². The molecule has 1 rings (SSSR count). The molecule has 92 valence electrons. The first-order valence-corrected chi connectivity index (χ1v) is 6.57. The molecule has 0 aliphatic carbocycles. The van der Waals surface area contributed by atoms with Gasteiger partial charge in [-0.25, -0.2) is 0 Å². The highest BCUT2D eigenvalue weighted by atomic mass is 16.6. The second-order valence-corrected chi connectivity index (χ2v) is 3.99. The summed E-state index contributed by atoms with van der Waals surface area (Å²) >= 11 is 0. The maximum absolute atomic E-state index is 4.94. The van der Waals surface area contributed by atoms with Gasteiger partial charge in [0.25, 0.3) is 0 Å². The van der Waals surface area contributed by atoms with Gasteiger partial charge in [0.15, 0.2) is 0 Å². The molecule has 0 aromatic heterocycles. The molecule has 0 bridgehead atoms. The normalized spacial score (nSPS) is 15.6. The molecule has 0 atom stereocenters. The smallest absolute Gasteiger partial charge is 0.0701 e. The first-order valence-electron chi connectivity index (χ1n) is 6.57. The third-order valence-corrected chi connectivity index (χ3v) is 2.45. The van der Waals surface area contributed by atoms with Gasteiger partial charge < -0.3 is 9.47 Å². The van der Waals surface area contributed by atoms with Gasteiger partial charge in [-0.15, -0.1) is 0 Å². The van der Waals surface area contributed by atoms with Crippen LogP contribution in [-0.4, -0.2) is 26.4 Å². The van der Waals surface area contributed by atoms with Gasteiger partial charge in [0.05, 0.1) is 26.4 Å². The van der Waals surface area contributed by atoms with Crippen molar-refractivity contribution in [3.05, 3.63) is 0 Å². The molecule has 0 N–H and O–H groups in total. The van der Waals surface area contributed by atoms with Crippen LogP contribution in [0.3, 0.4) is 0 Å². The van der Waals surface area contributed by atoms with Crippen LogP contribution in [-0.2, 0) is 9.47 Å². The number of hydrogen-bond acceptors (Lipinski definition) is 2. The summed E-state index contributed by atoms with van der Waals surface area (Å²) in [5.41, 5.74) is 0. The Balaban J connectivity index is 0.000000280. The van der Waals surface area contributed by atoms with Crippen molar-refractivity contribution >= 4 is 0 Å². The molecule has 2 nitrogen and oxygen atoms in total. The zero-order valence-electron chi connectivity index (χ0n) is 10.6. The van der Waals surface area contributed by atoms with Crippen LogP contribution in [0.2, 0.25) is 0 Å². The molecule has 0 aromatic rings. The SMILES string of the molecule is C1COCCO1.CCCCCCCCC. The Bertz CT molecular complexity index is 83.2. The van der Waals surface area contributed by atoms with E-state index in [1.54, 1.807) is 0 Å². The van der Waals surface area contributed by atoms with Crippen LogP contribution in [0.25, 0.3) is 0 Å². The fraction of sp³-hybridized carbons (Fsp3) is 1.00. The van der Waals surface area contributed by atoms with Crippen molar-refractivity contribution < 1.29 is 9.47 Å². The largest absolute Gasteiger partial charge is 0.377 e. The van der Waals surface area contributed by atoms with Crippen molar-refractivity contribution in [2.75, 3.05) is 26.4 Å². The predicted octanol–water partition coefficient (Wildman–Crippen LogP) is 3.79. The second-order valence-electron chi connectivity index (χ2n) is 3.99. The first-order chi connectivity index (χ1) is 7.41. The van der Waals surface area contributed by atoms with Crippen LogP contribution < -0.4 is 0 Å². The van der Waals surface area contributed by atoms with Gasteiger partial charge in [0.1, 0.15) is 0 Å². The molecular weight excluding hydrogens is 188 g/mol. The van der Waals surface area contributed by atoms with Gasteiger partial charge in [-0.1, -0.05) is 58.8 Å². The fourth-order valence-electron chi connectivity index (χ4n) is 1.47. The summed E-state index contributed by atoms with van der Waals surface area (Å²) in [4.78, 5) is 0. The number of hydrogen-bond donors (Lipinski definition) is 0. The molecule has 0 unspecified atom stereocenters. The zero-order chi connectivity index (χ0) is 11.2. The van der Waals surface area contributed by atoms with Crippen LogP contribution in [0.15, 0.2) is 0 Å². The molecule has 15 heavy (non-hydrogen) atoms. The Labute approximate surface area is 95.3 Å². The Morgan fingerprint density at radius 1 is 0.600 bits per heavy atom. The van der Waals surface area contributed by atoms with Crippen LogP contribution in [0, 0.1) is 0 Å². The minimum absolute atomic E-state index is 0.778. The van der Waals surface area contributed by atoms with Gasteiger partial charge in [0.2, 0.25) is 0 Å². The lowest BCUT2D eigenvalue weighted by atomic mass is 10.1. The average Bonchev–Trinajstić information content (AvgIpc) is 2.32. The summed E-state index contributed by atoms with van der Waals surface area (Å²) in [7, 11) is 0. The van der Waals surface area contributed by atoms with Gasteiger partial charge in [-0.05, 0) is 0 Å². The quantitative estimate of drug-likeness (QED) is 0.629. The zero-order valence-corrected chi connectivity index (χ0v) is 10.6. The molecule has 0 aromatic carbocycles. The van der Waals surface area contributed by atoms with Crippen LogP contribution in [0.1, 0.15) is 58.8 Å². The standard InChI is InChI=1S/C9H20.C4H8O2/c1-3-5-7-9-8-6-4-2;1-2-6-4-3-5-1/h3-9H2,1-2H3;1-4H2. The molecule has 1 saturated heterocycles. The summed E-state index contributed by atoms with van der Waals surface area (Å²) in [5, 5.41) is 0. The Hall–Kier alpha value is -0.0800. The van der Waals surface area contributed by atoms with E-state index in [1.165, 1.54) is 44.9 Å². The first kappa shape index (κ1) is 14.9. The van der Waals surface area contributed by atoms with Crippen molar-refractivity contribution in [3.8, 4) is 0 Å². The maximum atomic E-state index is 4.94. The summed E-state index contributed by atoms with van der Waals surface area (Å²) in [5.74, 6) is 0. The highest BCUT2D eigenvalue weighted by molar-refractivity contribution is 4.41. The van der Waals surface area contributed by atoms with E-state index in [0.717, 1.165) is 26.4 Å². The Kier molecular flexibility index (Phi) is 13.8. The van der Waals surface area contributed by atoms with E-state index in [4.69, 9.17) is 9.47 Å². The van der Waals surface area contributed by atoms with Crippen molar-refractivity contribution in [1.82, 2.24) is 0 Å². The lowest BCUT2D eigenvalue weighted by Gasteiger charge is -2.09. The number of rotatable bonds is 6. The van der Waals surface area contributed by atoms with Gasteiger partial charge in [0, 0.05) is 0 Å². The Morgan fingerprint density at radius 2 is 0.933 bits per heavy atom. The van der Waals surface area contributed by atoms with Gasteiger partial charge in [-0.3, -0.25) is 0 Å². The third kappa shape index (κ3) is 13.9. The monoisotopic (exact) mass is 216 g/mol. The van der Waals surface area contributed by atoms with Gasteiger partial charge in [-0.2, -0.15) is 0 Å². The van der Waals surface area contributed by atoms with Gasteiger partial charge >= 0.3 is 0 Å². The highest BCUT2D eigenvalue weighted by Gasteiger charge is 1.94. The second kappa shape index (κ2) is 13.9. The molecule has 1 aliphatic rings. The highest BCUT2D eigenvalue weighted by Crippen LogP contribution is 2.05. The molecule has 0 saturated carbocycles.